The lowest BCUT2D eigenvalue weighted by Crippen LogP contribution is -2.24. The van der Waals surface area contributed by atoms with Crippen LogP contribution in [0.25, 0.3) is 0 Å². The maximum Gasteiger partial charge on any atom is 0.129 e. The van der Waals surface area contributed by atoms with Gasteiger partial charge in [-0.25, -0.2) is 4.39 Å². The maximum atomic E-state index is 13.3. The molecule has 0 bridgehead atoms. The monoisotopic (exact) mass is 275 g/mol. The van der Waals surface area contributed by atoms with Gasteiger partial charge in [0, 0.05) is 35.8 Å². The van der Waals surface area contributed by atoms with Gasteiger partial charge in [0.25, 0.3) is 0 Å². The SMILES string of the molecule is CC(C)n1cc(C2CC(N)c3cc(F)ccc3O2)cn1. The lowest BCUT2D eigenvalue weighted by atomic mass is 9.95. The van der Waals surface area contributed by atoms with E-state index in [1.165, 1.54) is 12.1 Å². The number of hydrogen-bond donors (Lipinski definition) is 1. The molecule has 3 rings (SSSR count). The minimum atomic E-state index is -0.283. The molecule has 0 spiro atoms. The second-order valence-electron chi connectivity index (χ2n) is 5.48. The molecule has 0 aliphatic carbocycles. The van der Waals surface area contributed by atoms with Gasteiger partial charge in [-0.2, -0.15) is 5.10 Å². The average molecular weight is 275 g/mol. The van der Waals surface area contributed by atoms with Gasteiger partial charge in [0.2, 0.25) is 0 Å². The molecule has 1 aromatic carbocycles. The van der Waals surface area contributed by atoms with Gasteiger partial charge in [0.05, 0.1) is 6.20 Å². The van der Waals surface area contributed by atoms with Gasteiger partial charge in [0.1, 0.15) is 17.7 Å². The first-order chi connectivity index (χ1) is 9.54. The molecule has 2 atom stereocenters. The predicted molar refractivity (Wildman–Crippen MR) is 73.9 cm³/mol. The van der Waals surface area contributed by atoms with Crippen molar-refractivity contribution in [1.29, 1.82) is 0 Å². The zero-order chi connectivity index (χ0) is 14.3. The first-order valence-electron chi connectivity index (χ1n) is 6.80. The van der Waals surface area contributed by atoms with Gasteiger partial charge in [-0.1, -0.05) is 0 Å². The molecule has 1 aliphatic rings. The van der Waals surface area contributed by atoms with Crippen molar-refractivity contribution < 1.29 is 9.13 Å². The fraction of sp³-hybridized carbons (Fsp3) is 0.400. The third kappa shape index (κ3) is 2.29. The molecule has 4 nitrogen and oxygen atoms in total. The summed E-state index contributed by atoms with van der Waals surface area (Å²) >= 11 is 0. The Kier molecular flexibility index (Phi) is 3.22. The van der Waals surface area contributed by atoms with E-state index in [0.717, 1.165) is 11.1 Å². The van der Waals surface area contributed by atoms with Gasteiger partial charge in [-0.3, -0.25) is 4.68 Å². The van der Waals surface area contributed by atoms with E-state index in [9.17, 15) is 4.39 Å². The highest BCUT2D eigenvalue weighted by Crippen LogP contribution is 2.39. The third-order valence-corrected chi connectivity index (χ3v) is 3.63. The largest absolute Gasteiger partial charge is 0.485 e. The molecule has 0 radical (unpaired) electrons. The average Bonchev–Trinajstić information content (AvgIpc) is 2.89. The van der Waals surface area contributed by atoms with Crippen LogP contribution in [-0.2, 0) is 0 Å². The summed E-state index contributed by atoms with van der Waals surface area (Å²) in [6.07, 6.45) is 4.29. The molecule has 0 fully saturated rings. The Bertz CT molecular complexity index is 623. The van der Waals surface area contributed by atoms with Crippen LogP contribution in [0, 0.1) is 5.82 Å². The summed E-state index contributed by atoms with van der Waals surface area (Å²) in [6, 6.07) is 4.58. The number of hydrogen-bond acceptors (Lipinski definition) is 3. The maximum absolute atomic E-state index is 13.3. The Hall–Kier alpha value is -1.88. The van der Waals surface area contributed by atoms with Crippen LogP contribution in [0.3, 0.4) is 0 Å². The minimum absolute atomic E-state index is 0.129. The fourth-order valence-electron chi connectivity index (χ4n) is 2.48. The first kappa shape index (κ1) is 13.1. The Morgan fingerprint density at radius 3 is 2.95 bits per heavy atom. The van der Waals surface area contributed by atoms with Gasteiger partial charge in [-0.05, 0) is 32.0 Å². The van der Waals surface area contributed by atoms with Crippen molar-refractivity contribution in [1.82, 2.24) is 9.78 Å². The lowest BCUT2D eigenvalue weighted by molar-refractivity contribution is 0.161. The van der Waals surface area contributed by atoms with E-state index in [2.05, 4.69) is 18.9 Å². The molecule has 0 amide bonds. The number of halogens is 1. The zero-order valence-electron chi connectivity index (χ0n) is 11.6. The molecule has 2 N–H and O–H groups in total. The van der Waals surface area contributed by atoms with Crippen molar-refractivity contribution >= 4 is 0 Å². The van der Waals surface area contributed by atoms with Crippen LogP contribution in [0.4, 0.5) is 4.39 Å². The van der Waals surface area contributed by atoms with E-state index in [1.807, 2.05) is 17.1 Å². The zero-order valence-corrected chi connectivity index (χ0v) is 11.6. The highest BCUT2D eigenvalue weighted by atomic mass is 19.1. The van der Waals surface area contributed by atoms with Gasteiger partial charge >= 0.3 is 0 Å². The summed E-state index contributed by atoms with van der Waals surface area (Å²) < 4.78 is 21.1. The lowest BCUT2D eigenvalue weighted by Gasteiger charge is -2.29. The van der Waals surface area contributed by atoms with E-state index in [1.54, 1.807) is 6.07 Å². The number of ether oxygens (including phenoxy) is 1. The van der Waals surface area contributed by atoms with E-state index in [4.69, 9.17) is 10.5 Å². The quantitative estimate of drug-likeness (QED) is 0.916. The fourth-order valence-corrected chi connectivity index (χ4v) is 2.48. The molecule has 20 heavy (non-hydrogen) atoms. The molecule has 1 aromatic heterocycles. The Balaban J connectivity index is 1.88. The second kappa shape index (κ2) is 4.90. The predicted octanol–water partition coefficient (Wildman–Crippen LogP) is 3.13. The Labute approximate surface area is 117 Å². The topological polar surface area (TPSA) is 53.1 Å². The van der Waals surface area contributed by atoms with Crippen LogP contribution in [-0.4, -0.2) is 9.78 Å². The summed E-state index contributed by atoms with van der Waals surface area (Å²) in [5.74, 6) is 0.376. The summed E-state index contributed by atoms with van der Waals surface area (Å²) in [6.45, 7) is 4.14. The standard InChI is InChI=1S/C15H18FN3O/c1-9(2)19-8-10(7-18-19)15-6-13(17)12-5-11(16)3-4-14(12)20-15/h3-5,7-9,13,15H,6,17H2,1-2H3. The van der Waals surface area contributed by atoms with Gasteiger partial charge < -0.3 is 10.5 Å². The third-order valence-electron chi connectivity index (χ3n) is 3.63. The number of nitrogens with zero attached hydrogens (tertiary/aromatic N) is 2. The number of benzene rings is 1. The molecule has 2 aromatic rings. The normalized spacial score (nSPS) is 21.6. The Morgan fingerprint density at radius 1 is 1.45 bits per heavy atom. The highest BCUT2D eigenvalue weighted by molar-refractivity contribution is 5.39. The molecule has 2 unspecified atom stereocenters. The van der Waals surface area contributed by atoms with E-state index in [0.29, 0.717) is 18.2 Å². The first-order valence-corrected chi connectivity index (χ1v) is 6.80. The number of rotatable bonds is 2. The smallest absolute Gasteiger partial charge is 0.129 e. The van der Waals surface area contributed by atoms with Crippen LogP contribution in [0.1, 0.15) is 49.6 Å². The number of nitrogens with two attached hydrogens (primary N) is 1. The molecular weight excluding hydrogens is 257 g/mol. The summed E-state index contributed by atoms with van der Waals surface area (Å²) in [4.78, 5) is 0. The van der Waals surface area contributed by atoms with Gasteiger partial charge in [-0.15, -0.1) is 0 Å². The highest BCUT2D eigenvalue weighted by Gasteiger charge is 2.28. The Morgan fingerprint density at radius 2 is 2.25 bits per heavy atom. The summed E-state index contributed by atoms with van der Waals surface area (Å²) in [7, 11) is 0. The molecule has 5 heteroatoms. The summed E-state index contributed by atoms with van der Waals surface area (Å²) in [5.41, 5.74) is 7.87. The molecule has 106 valence electrons. The van der Waals surface area contributed by atoms with Crippen molar-refractivity contribution in [3.8, 4) is 5.75 Å². The summed E-state index contributed by atoms with van der Waals surface area (Å²) in [5, 5.41) is 4.32. The second-order valence-corrected chi connectivity index (χ2v) is 5.48. The van der Waals surface area contributed by atoms with Crippen molar-refractivity contribution in [2.75, 3.05) is 0 Å². The van der Waals surface area contributed by atoms with Crippen molar-refractivity contribution in [2.45, 2.75) is 38.5 Å². The van der Waals surface area contributed by atoms with Crippen molar-refractivity contribution in [2.24, 2.45) is 5.73 Å². The number of fused-ring (bicyclic) bond motifs is 1. The van der Waals surface area contributed by atoms with Crippen molar-refractivity contribution in [3.63, 3.8) is 0 Å². The van der Waals surface area contributed by atoms with E-state index >= 15 is 0 Å². The van der Waals surface area contributed by atoms with Crippen LogP contribution in [0.15, 0.2) is 30.6 Å². The van der Waals surface area contributed by atoms with Crippen molar-refractivity contribution in [3.05, 3.63) is 47.5 Å². The molecule has 0 saturated heterocycles. The molecule has 2 heterocycles. The van der Waals surface area contributed by atoms with Gasteiger partial charge in [0.15, 0.2) is 0 Å². The molecule has 1 aliphatic heterocycles. The van der Waals surface area contributed by atoms with Crippen LogP contribution in [0.5, 0.6) is 5.75 Å². The van der Waals surface area contributed by atoms with E-state index < -0.39 is 0 Å². The van der Waals surface area contributed by atoms with Crippen LogP contribution < -0.4 is 10.5 Å². The van der Waals surface area contributed by atoms with Crippen LogP contribution >= 0.6 is 0 Å². The van der Waals surface area contributed by atoms with Crippen LogP contribution in [0.2, 0.25) is 0 Å². The minimum Gasteiger partial charge on any atom is -0.485 e. The molecular formula is C15H18FN3O. The van der Waals surface area contributed by atoms with E-state index in [-0.39, 0.29) is 18.0 Å². The number of aromatic nitrogens is 2. The molecule has 0 saturated carbocycles.